The Morgan fingerprint density at radius 3 is 1.43 bits per heavy atom. The third-order valence-corrected chi connectivity index (χ3v) is 13.2. The van der Waals surface area contributed by atoms with Crippen LogP contribution in [-0.4, -0.2) is 74.3 Å². The molecule has 0 spiro atoms. The lowest BCUT2D eigenvalue weighted by Crippen LogP contribution is -2.47. The van der Waals surface area contributed by atoms with E-state index in [1.807, 2.05) is 33.3 Å². The van der Waals surface area contributed by atoms with E-state index in [-0.39, 0.29) is 31.5 Å². The number of phosphoric acid groups is 1. The number of ether oxygens (including phenoxy) is 1. The molecule has 0 aliphatic rings. The maximum absolute atomic E-state index is 13.5. The van der Waals surface area contributed by atoms with Crippen molar-refractivity contribution >= 4 is 19.7 Å². The summed E-state index contributed by atoms with van der Waals surface area (Å²) in [5.41, 5.74) is 0. The average molecular weight is 976 g/mol. The molecule has 2 N–H and O–H groups in total. The van der Waals surface area contributed by atoms with Crippen molar-refractivity contribution in [1.29, 1.82) is 0 Å². The molecule has 3 atom stereocenters. The van der Waals surface area contributed by atoms with Crippen molar-refractivity contribution in [3.8, 4) is 0 Å². The van der Waals surface area contributed by atoms with E-state index in [1.54, 1.807) is 0 Å². The number of hydrogen-bond acceptors (Lipinski definition) is 6. The lowest BCUT2D eigenvalue weighted by atomic mass is 10.0. The van der Waals surface area contributed by atoms with Crippen molar-refractivity contribution in [1.82, 2.24) is 5.32 Å². The Kier molecular flexibility index (Phi) is 46.7. The van der Waals surface area contributed by atoms with E-state index in [4.69, 9.17) is 13.8 Å². The molecule has 0 aromatic rings. The molecule has 0 fully saturated rings. The first-order valence-electron chi connectivity index (χ1n) is 28.1. The number of esters is 1. The summed E-state index contributed by atoms with van der Waals surface area (Å²) in [4.78, 5) is 37.5. The normalized spacial score (nSPS) is 14.3. The first-order valence-corrected chi connectivity index (χ1v) is 29.6. The van der Waals surface area contributed by atoms with Crippen LogP contribution >= 0.6 is 7.82 Å². The molecule has 0 saturated carbocycles. The number of likely N-dealkylation sites (N-methyl/N-ethyl adjacent to an activating group) is 1. The average Bonchev–Trinajstić information content (AvgIpc) is 3.29. The summed E-state index contributed by atoms with van der Waals surface area (Å²) in [7, 11) is 1.47. The Labute approximate surface area is 420 Å². The summed E-state index contributed by atoms with van der Waals surface area (Å²) >= 11 is 0. The van der Waals surface area contributed by atoms with Crippen LogP contribution in [0.4, 0.5) is 0 Å². The Morgan fingerprint density at radius 2 is 0.941 bits per heavy atom. The fourth-order valence-corrected chi connectivity index (χ4v) is 8.57. The number of phosphoric ester groups is 1. The monoisotopic (exact) mass is 976 g/mol. The number of quaternary nitrogens is 1. The van der Waals surface area contributed by atoms with E-state index < -0.39 is 20.0 Å². The molecule has 9 nitrogen and oxygen atoms in total. The van der Waals surface area contributed by atoms with Crippen LogP contribution in [0, 0.1) is 0 Å². The second-order valence-corrected chi connectivity index (χ2v) is 21.5. The van der Waals surface area contributed by atoms with Gasteiger partial charge in [-0.15, -0.1) is 0 Å². The smallest absolute Gasteiger partial charge is 0.456 e. The fraction of sp³-hybridized carbons (Fsp3) is 0.793. The summed E-state index contributed by atoms with van der Waals surface area (Å²) < 4.78 is 30.6. The van der Waals surface area contributed by atoms with Gasteiger partial charge in [-0.1, -0.05) is 204 Å². The number of amides is 1. The Morgan fingerprint density at radius 1 is 0.529 bits per heavy atom. The Balaban J connectivity index is 5.41. The van der Waals surface area contributed by atoms with Gasteiger partial charge < -0.3 is 19.4 Å². The lowest BCUT2D eigenvalue weighted by molar-refractivity contribution is -0.870. The van der Waals surface area contributed by atoms with Crippen molar-refractivity contribution in [3.05, 3.63) is 60.8 Å². The van der Waals surface area contributed by atoms with Crippen molar-refractivity contribution in [2.24, 2.45) is 0 Å². The van der Waals surface area contributed by atoms with Crippen molar-refractivity contribution in [2.45, 2.75) is 258 Å². The molecule has 0 aromatic carbocycles. The molecule has 0 heterocycles. The van der Waals surface area contributed by atoms with E-state index >= 15 is 0 Å². The van der Waals surface area contributed by atoms with Gasteiger partial charge in [0.15, 0.2) is 0 Å². The third-order valence-electron chi connectivity index (χ3n) is 12.2. The first kappa shape index (κ1) is 65.7. The predicted molar refractivity (Wildman–Crippen MR) is 291 cm³/mol. The second-order valence-electron chi connectivity index (χ2n) is 20.1. The molecule has 68 heavy (non-hydrogen) atoms. The summed E-state index contributed by atoms with van der Waals surface area (Å²) in [6.45, 7) is 6.87. The number of rotatable bonds is 50. The Bertz CT molecular complexity index is 1350. The standard InChI is InChI=1S/C58H107N2O7P/c1-7-10-13-16-19-22-25-28-30-31-32-35-38-41-44-47-50-57(61)59-55(54-66-68(63,64)65-53-52-60(4,5)6)56(49-46-43-40-37-34-27-24-21-18-15-12-9-3)67-58(62)51-48-45-42-39-36-33-29-26-23-20-17-14-11-8-2/h11,14,20,23,29-31,33,46,49,55-56H,7-10,12-13,15-19,21-22,24-28,32,34-45,47-48,50-54H2,1-6H3,(H-,59,61,63,64)/p+1/b14-11+,23-20+,31-30+,33-29+,49-46+. The number of hydrogen-bond donors (Lipinski definition) is 2. The molecule has 0 saturated heterocycles. The van der Waals surface area contributed by atoms with Gasteiger partial charge in [-0.05, 0) is 89.5 Å². The van der Waals surface area contributed by atoms with Gasteiger partial charge in [0.25, 0.3) is 0 Å². The number of nitrogens with zero attached hydrogens (tertiary/aromatic N) is 1. The van der Waals surface area contributed by atoms with E-state index in [2.05, 4.69) is 74.7 Å². The fourth-order valence-electron chi connectivity index (χ4n) is 7.83. The van der Waals surface area contributed by atoms with E-state index in [9.17, 15) is 19.0 Å². The van der Waals surface area contributed by atoms with Gasteiger partial charge in [-0.3, -0.25) is 18.6 Å². The minimum Gasteiger partial charge on any atom is -0.456 e. The van der Waals surface area contributed by atoms with Gasteiger partial charge in [-0.25, -0.2) is 4.57 Å². The van der Waals surface area contributed by atoms with Crippen LogP contribution in [0.3, 0.4) is 0 Å². The lowest BCUT2D eigenvalue weighted by Gasteiger charge is -2.27. The van der Waals surface area contributed by atoms with Crippen molar-refractivity contribution < 1.29 is 37.3 Å². The number of carbonyl (C=O) groups is 2. The van der Waals surface area contributed by atoms with Gasteiger partial charge in [0, 0.05) is 12.8 Å². The summed E-state index contributed by atoms with van der Waals surface area (Å²) in [5.74, 6) is -0.540. The third kappa shape index (κ3) is 48.7. The van der Waals surface area contributed by atoms with Crippen LogP contribution in [0.1, 0.15) is 245 Å². The minimum absolute atomic E-state index is 0.0336. The van der Waals surface area contributed by atoms with Gasteiger partial charge in [0.2, 0.25) is 5.91 Å². The maximum atomic E-state index is 13.5. The minimum atomic E-state index is -4.45. The number of unbranched alkanes of at least 4 members (excludes halogenated alkanes) is 26. The highest BCUT2D eigenvalue weighted by Crippen LogP contribution is 2.43. The largest absolute Gasteiger partial charge is 0.472 e. The van der Waals surface area contributed by atoms with E-state index in [0.29, 0.717) is 23.9 Å². The van der Waals surface area contributed by atoms with Crippen molar-refractivity contribution in [2.75, 3.05) is 40.9 Å². The molecule has 10 heteroatoms. The number of allylic oxidation sites excluding steroid dienone is 9. The predicted octanol–water partition coefficient (Wildman–Crippen LogP) is 16.7. The van der Waals surface area contributed by atoms with Gasteiger partial charge in [0.1, 0.15) is 19.3 Å². The first-order chi connectivity index (χ1) is 32.9. The molecule has 0 aromatic heterocycles. The molecule has 0 rings (SSSR count). The Hall–Kier alpha value is -2.29. The molecule has 0 radical (unpaired) electrons. The SMILES string of the molecule is CC/C=C/C/C=C/C/C=C/CCCCCCC(=O)OC(/C=C/CCCCCCCCCCCC)C(COP(=O)(O)OCC[N+](C)(C)C)NC(=O)CCCCCCC/C=C/CCCCCCCCC. The topological polar surface area (TPSA) is 111 Å². The molecule has 1 amide bonds. The summed E-state index contributed by atoms with van der Waals surface area (Å²) in [6, 6.07) is -0.861. The van der Waals surface area contributed by atoms with Crippen LogP contribution in [0.2, 0.25) is 0 Å². The van der Waals surface area contributed by atoms with Gasteiger partial charge in [0.05, 0.1) is 33.8 Å². The van der Waals surface area contributed by atoms with E-state index in [0.717, 1.165) is 103 Å². The van der Waals surface area contributed by atoms with Gasteiger partial charge in [-0.2, -0.15) is 0 Å². The molecular formula is C58H108N2O7P+. The summed E-state index contributed by atoms with van der Waals surface area (Å²) in [6.07, 6.45) is 59.3. The highest BCUT2D eigenvalue weighted by molar-refractivity contribution is 7.47. The van der Waals surface area contributed by atoms with Crippen LogP contribution in [0.25, 0.3) is 0 Å². The van der Waals surface area contributed by atoms with Gasteiger partial charge >= 0.3 is 13.8 Å². The molecular weight excluding hydrogens is 868 g/mol. The molecule has 3 unspecified atom stereocenters. The highest BCUT2D eigenvalue weighted by atomic mass is 31.2. The number of carbonyl (C=O) groups excluding carboxylic acids is 2. The molecule has 0 aliphatic carbocycles. The van der Waals surface area contributed by atoms with Crippen LogP contribution in [-0.2, 0) is 27.9 Å². The van der Waals surface area contributed by atoms with Crippen LogP contribution < -0.4 is 5.32 Å². The second kappa shape index (κ2) is 48.3. The maximum Gasteiger partial charge on any atom is 0.472 e. The van der Waals surface area contributed by atoms with E-state index in [1.165, 1.54) is 103 Å². The highest BCUT2D eigenvalue weighted by Gasteiger charge is 2.30. The van der Waals surface area contributed by atoms with Crippen LogP contribution in [0.15, 0.2) is 60.8 Å². The molecule has 0 bridgehead atoms. The van der Waals surface area contributed by atoms with Crippen LogP contribution in [0.5, 0.6) is 0 Å². The zero-order valence-corrected chi connectivity index (χ0v) is 46.0. The molecule has 396 valence electrons. The van der Waals surface area contributed by atoms with Crippen molar-refractivity contribution in [3.63, 3.8) is 0 Å². The quantitative estimate of drug-likeness (QED) is 0.0205. The molecule has 0 aliphatic heterocycles. The summed E-state index contributed by atoms with van der Waals surface area (Å²) in [5, 5.41) is 3.03. The zero-order valence-electron chi connectivity index (χ0n) is 45.1. The number of nitrogens with one attached hydrogen (secondary N) is 1. The zero-order chi connectivity index (χ0) is 50.1.